The molecule has 2 aromatic rings. The molecule has 2 heterocycles. The summed E-state index contributed by atoms with van der Waals surface area (Å²) in [4.78, 5) is 10.2. The Morgan fingerprint density at radius 1 is 1.42 bits per heavy atom. The van der Waals surface area contributed by atoms with E-state index in [1.54, 1.807) is 11.3 Å². The van der Waals surface area contributed by atoms with Crippen molar-refractivity contribution in [1.29, 1.82) is 0 Å². The lowest BCUT2D eigenvalue weighted by atomic mass is 9.96. The van der Waals surface area contributed by atoms with Crippen LogP contribution in [0.15, 0.2) is 11.4 Å². The molecule has 0 saturated heterocycles. The van der Waals surface area contributed by atoms with Crippen molar-refractivity contribution in [3.8, 4) is 0 Å². The van der Waals surface area contributed by atoms with E-state index in [0.29, 0.717) is 12.7 Å². The molecule has 1 fully saturated rings. The van der Waals surface area contributed by atoms with E-state index < -0.39 is 0 Å². The number of rotatable bonds is 6. The minimum Gasteiger partial charge on any atom is -0.370 e. The van der Waals surface area contributed by atoms with E-state index in [0.717, 1.165) is 34.8 Å². The maximum Gasteiger partial charge on any atom is 0.158 e. The van der Waals surface area contributed by atoms with Crippen molar-refractivity contribution in [3.63, 3.8) is 0 Å². The molecule has 0 bridgehead atoms. The third kappa shape index (κ3) is 2.87. The molecule has 2 aromatic heterocycles. The van der Waals surface area contributed by atoms with Gasteiger partial charge in [0.15, 0.2) is 5.82 Å². The number of ether oxygens (including phenoxy) is 1. The number of thiophene rings is 1. The number of anilines is 1. The molecule has 1 saturated carbocycles. The Morgan fingerprint density at radius 3 is 3.05 bits per heavy atom. The normalized spacial score (nSPS) is 15.6. The fourth-order valence-electron chi connectivity index (χ4n) is 2.07. The van der Waals surface area contributed by atoms with E-state index in [1.165, 1.54) is 19.3 Å². The van der Waals surface area contributed by atoms with Crippen LogP contribution in [0.25, 0.3) is 10.2 Å². The molecule has 4 nitrogen and oxygen atoms in total. The van der Waals surface area contributed by atoms with Crippen LogP contribution in [0.3, 0.4) is 0 Å². The number of hydrogen-bond donors (Lipinski definition) is 1. The van der Waals surface area contributed by atoms with Gasteiger partial charge in [0.2, 0.25) is 0 Å². The first-order valence-corrected chi connectivity index (χ1v) is 7.84. The predicted molar refractivity (Wildman–Crippen MR) is 78.6 cm³/mol. The van der Waals surface area contributed by atoms with E-state index in [2.05, 4.69) is 33.7 Å². The maximum atomic E-state index is 5.80. The van der Waals surface area contributed by atoms with Gasteiger partial charge in [-0.25, -0.2) is 9.97 Å². The van der Waals surface area contributed by atoms with Crippen molar-refractivity contribution < 1.29 is 4.74 Å². The van der Waals surface area contributed by atoms with Crippen LogP contribution in [0.4, 0.5) is 5.82 Å². The average Bonchev–Trinajstić information content (AvgIpc) is 2.82. The van der Waals surface area contributed by atoms with Gasteiger partial charge < -0.3 is 10.1 Å². The molecule has 19 heavy (non-hydrogen) atoms. The summed E-state index contributed by atoms with van der Waals surface area (Å²) in [5, 5.41) is 6.56. The zero-order valence-corrected chi connectivity index (χ0v) is 12.0. The molecule has 0 radical (unpaired) electrons. The summed E-state index contributed by atoms with van der Waals surface area (Å²) >= 11 is 1.66. The molecular formula is C14H19N3OS. The Bertz CT molecular complexity index is 551. The molecule has 0 aliphatic heterocycles. The van der Waals surface area contributed by atoms with Crippen molar-refractivity contribution >= 4 is 27.4 Å². The summed E-state index contributed by atoms with van der Waals surface area (Å²) in [6.45, 7) is 3.61. The number of aromatic nitrogens is 2. The van der Waals surface area contributed by atoms with Crippen LogP contribution in [-0.2, 0) is 11.3 Å². The van der Waals surface area contributed by atoms with Gasteiger partial charge in [-0.1, -0.05) is 6.92 Å². The van der Waals surface area contributed by atoms with Crippen molar-refractivity contribution in [2.45, 2.75) is 45.3 Å². The number of nitrogens with zero attached hydrogens (tertiary/aromatic N) is 2. The number of nitrogens with one attached hydrogen (secondary N) is 1. The third-order valence-electron chi connectivity index (χ3n) is 3.41. The topological polar surface area (TPSA) is 47.0 Å². The van der Waals surface area contributed by atoms with E-state index in [1.807, 2.05) is 0 Å². The highest BCUT2D eigenvalue weighted by atomic mass is 32.1. The summed E-state index contributed by atoms with van der Waals surface area (Å²) in [6.07, 6.45) is 5.17. The molecule has 0 amide bonds. The van der Waals surface area contributed by atoms with Gasteiger partial charge in [0.1, 0.15) is 17.3 Å². The smallest absolute Gasteiger partial charge is 0.158 e. The van der Waals surface area contributed by atoms with Crippen molar-refractivity contribution in [2.75, 3.05) is 11.9 Å². The molecule has 0 aromatic carbocycles. The second-order valence-corrected chi connectivity index (χ2v) is 5.81. The lowest BCUT2D eigenvalue weighted by molar-refractivity contribution is -0.0115. The molecule has 0 atom stereocenters. The van der Waals surface area contributed by atoms with Gasteiger partial charge in [0.25, 0.3) is 0 Å². The van der Waals surface area contributed by atoms with Crippen LogP contribution in [0.1, 0.15) is 38.4 Å². The van der Waals surface area contributed by atoms with E-state index >= 15 is 0 Å². The monoisotopic (exact) mass is 277 g/mol. The Labute approximate surface area is 117 Å². The molecule has 3 rings (SSSR count). The van der Waals surface area contributed by atoms with Gasteiger partial charge in [-0.2, -0.15) is 0 Å². The lowest BCUT2D eigenvalue weighted by Gasteiger charge is -2.25. The van der Waals surface area contributed by atoms with Crippen LogP contribution in [0, 0.1) is 0 Å². The van der Waals surface area contributed by atoms with Crippen LogP contribution in [0.2, 0.25) is 0 Å². The summed E-state index contributed by atoms with van der Waals surface area (Å²) in [6, 6.07) is 2.08. The zero-order valence-electron chi connectivity index (χ0n) is 11.2. The average molecular weight is 277 g/mol. The largest absolute Gasteiger partial charge is 0.370 e. The Morgan fingerprint density at radius 2 is 2.32 bits per heavy atom. The van der Waals surface area contributed by atoms with Gasteiger partial charge in [0, 0.05) is 6.54 Å². The summed E-state index contributed by atoms with van der Waals surface area (Å²) in [5.74, 6) is 1.74. The van der Waals surface area contributed by atoms with Crippen molar-refractivity contribution in [1.82, 2.24) is 9.97 Å². The Hall–Kier alpha value is -1.20. The minimum absolute atomic E-state index is 0.426. The van der Waals surface area contributed by atoms with Crippen molar-refractivity contribution in [3.05, 3.63) is 17.3 Å². The van der Waals surface area contributed by atoms with Crippen molar-refractivity contribution in [2.24, 2.45) is 0 Å². The highest BCUT2D eigenvalue weighted by Crippen LogP contribution is 2.26. The van der Waals surface area contributed by atoms with Crippen LogP contribution < -0.4 is 5.32 Å². The first kappa shape index (κ1) is 12.8. The second-order valence-electron chi connectivity index (χ2n) is 4.92. The second kappa shape index (κ2) is 5.84. The van der Waals surface area contributed by atoms with E-state index in [-0.39, 0.29) is 0 Å². The highest BCUT2D eigenvalue weighted by molar-refractivity contribution is 7.16. The van der Waals surface area contributed by atoms with E-state index in [4.69, 9.17) is 4.74 Å². The summed E-state index contributed by atoms with van der Waals surface area (Å²) in [5.41, 5.74) is 0. The summed E-state index contributed by atoms with van der Waals surface area (Å²) in [7, 11) is 0. The summed E-state index contributed by atoms with van der Waals surface area (Å²) < 4.78 is 5.80. The molecular weight excluding hydrogens is 258 g/mol. The molecule has 102 valence electrons. The van der Waals surface area contributed by atoms with Crippen LogP contribution >= 0.6 is 11.3 Å². The molecule has 0 spiro atoms. The zero-order chi connectivity index (χ0) is 13.1. The molecule has 1 aliphatic carbocycles. The lowest BCUT2D eigenvalue weighted by Crippen LogP contribution is -2.21. The molecule has 5 heteroatoms. The maximum absolute atomic E-state index is 5.80. The fourth-order valence-corrected chi connectivity index (χ4v) is 2.85. The predicted octanol–water partition coefficient (Wildman–Crippen LogP) is 3.58. The highest BCUT2D eigenvalue weighted by Gasteiger charge is 2.18. The van der Waals surface area contributed by atoms with Gasteiger partial charge in [-0.15, -0.1) is 11.3 Å². The first-order valence-electron chi connectivity index (χ1n) is 6.96. The Balaban J connectivity index is 1.78. The Kier molecular flexibility index (Phi) is 3.94. The quantitative estimate of drug-likeness (QED) is 0.876. The SMILES string of the molecule is CCCNc1nc(COC2CCC2)nc2sccc12. The standard InChI is InChI=1S/C14H19N3OS/c1-2-7-15-13-11-6-8-19-14(11)17-12(16-13)9-18-10-4-3-5-10/h6,8,10H,2-5,7,9H2,1H3,(H,15,16,17). The minimum atomic E-state index is 0.426. The molecule has 1 N–H and O–H groups in total. The fraction of sp³-hybridized carbons (Fsp3) is 0.571. The van der Waals surface area contributed by atoms with Gasteiger partial charge in [-0.3, -0.25) is 0 Å². The van der Waals surface area contributed by atoms with Gasteiger partial charge >= 0.3 is 0 Å². The van der Waals surface area contributed by atoms with Crippen LogP contribution in [-0.4, -0.2) is 22.6 Å². The molecule has 0 unspecified atom stereocenters. The van der Waals surface area contributed by atoms with Crippen LogP contribution in [0.5, 0.6) is 0 Å². The first-order chi connectivity index (χ1) is 9.36. The van der Waals surface area contributed by atoms with Gasteiger partial charge in [-0.05, 0) is 37.1 Å². The van der Waals surface area contributed by atoms with Gasteiger partial charge in [0.05, 0.1) is 11.5 Å². The molecule has 1 aliphatic rings. The third-order valence-corrected chi connectivity index (χ3v) is 4.22. The van der Waals surface area contributed by atoms with E-state index in [9.17, 15) is 0 Å². The number of fused-ring (bicyclic) bond motifs is 1. The number of hydrogen-bond acceptors (Lipinski definition) is 5.